The molecule has 2 heterocycles. The predicted molar refractivity (Wildman–Crippen MR) is 67.2 cm³/mol. The second kappa shape index (κ2) is 4.66. The Morgan fingerprint density at radius 3 is 2.94 bits per heavy atom. The summed E-state index contributed by atoms with van der Waals surface area (Å²) >= 11 is 5.60. The number of alkyl halides is 1. The van der Waals surface area contributed by atoms with Crippen molar-refractivity contribution in [3.05, 3.63) is 30.6 Å². The highest BCUT2D eigenvalue weighted by atomic mass is 35.5. The Bertz CT molecular complexity index is 621. The molecule has 92 valence electrons. The van der Waals surface area contributed by atoms with Gasteiger partial charge in [0.05, 0.1) is 5.25 Å². The van der Waals surface area contributed by atoms with Crippen molar-refractivity contribution in [3.63, 3.8) is 0 Å². The van der Waals surface area contributed by atoms with E-state index in [9.17, 15) is 8.42 Å². The van der Waals surface area contributed by atoms with Crippen LogP contribution in [0.3, 0.4) is 0 Å². The molecule has 0 radical (unpaired) electrons. The minimum absolute atomic E-state index is 0.269. The lowest BCUT2D eigenvalue weighted by molar-refractivity contribution is 0.575. The van der Waals surface area contributed by atoms with Crippen LogP contribution < -0.4 is 0 Å². The topological polar surface area (TPSA) is 51.4 Å². The lowest BCUT2D eigenvalue weighted by Crippen LogP contribution is -2.20. The average molecular weight is 273 g/mol. The zero-order valence-electron chi connectivity index (χ0n) is 9.38. The number of fused-ring (bicyclic) bond motifs is 1. The van der Waals surface area contributed by atoms with E-state index < -0.39 is 15.1 Å². The van der Waals surface area contributed by atoms with Crippen molar-refractivity contribution >= 4 is 27.1 Å². The molecule has 0 fully saturated rings. The first-order chi connectivity index (χ1) is 8.07. The summed E-state index contributed by atoms with van der Waals surface area (Å²) in [5, 5.41) is -0.224. The molecule has 4 nitrogen and oxygen atoms in total. The second-order valence-corrected chi connectivity index (χ2v) is 6.54. The van der Waals surface area contributed by atoms with Gasteiger partial charge in [-0.05, 0) is 25.5 Å². The summed E-state index contributed by atoms with van der Waals surface area (Å²) in [6.45, 7) is 1.67. The van der Waals surface area contributed by atoms with Crippen molar-refractivity contribution in [2.75, 3.05) is 5.88 Å². The Kier molecular flexibility index (Phi) is 3.40. The van der Waals surface area contributed by atoms with Gasteiger partial charge in [0.15, 0.2) is 9.84 Å². The quantitative estimate of drug-likeness (QED) is 0.801. The summed E-state index contributed by atoms with van der Waals surface area (Å²) in [5.74, 6) is 0.334. The van der Waals surface area contributed by atoms with Crippen molar-refractivity contribution in [1.29, 1.82) is 0 Å². The van der Waals surface area contributed by atoms with E-state index in [1.807, 2.05) is 0 Å². The van der Waals surface area contributed by atoms with Gasteiger partial charge in [-0.25, -0.2) is 13.4 Å². The molecule has 2 rings (SSSR count). The number of sulfone groups is 1. The minimum atomic E-state index is -3.36. The number of pyridine rings is 1. The molecule has 1 atom stereocenters. The molecule has 0 aliphatic carbocycles. The summed E-state index contributed by atoms with van der Waals surface area (Å²) in [6, 6.07) is 5.06. The molecule has 0 bridgehead atoms. The summed E-state index contributed by atoms with van der Waals surface area (Å²) in [4.78, 5) is 4.07. The molecule has 2 aromatic heterocycles. The highest BCUT2D eigenvalue weighted by Gasteiger charge is 2.25. The Labute approximate surface area is 105 Å². The van der Waals surface area contributed by atoms with Crippen LogP contribution in [0.2, 0.25) is 0 Å². The van der Waals surface area contributed by atoms with E-state index in [0.717, 1.165) is 0 Å². The number of nitrogens with zero attached hydrogens (tertiary/aromatic N) is 2. The third-order valence-electron chi connectivity index (χ3n) is 2.73. The molecule has 2 aromatic rings. The Hall–Kier alpha value is -1.07. The van der Waals surface area contributed by atoms with Crippen LogP contribution in [0.5, 0.6) is 0 Å². The molecule has 0 amide bonds. The van der Waals surface area contributed by atoms with Crippen LogP contribution >= 0.6 is 11.6 Å². The van der Waals surface area contributed by atoms with Gasteiger partial charge in [0.25, 0.3) is 0 Å². The number of hydrogen-bond acceptors (Lipinski definition) is 3. The van der Waals surface area contributed by atoms with Crippen molar-refractivity contribution in [2.24, 2.45) is 0 Å². The molecule has 0 aliphatic rings. The maximum atomic E-state index is 12.3. The molecular weight excluding hydrogens is 260 g/mol. The SMILES string of the molecule is CC(CCCl)S(=O)(=O)c1cccc2nccn12. The third-order valence-corrected chi connectivity index (χ3v) is 5.16. The number of rotatable bonds is 4. The molecule has 0 aliphatic heterocycles. The first-order valence-corrected chi connectivity index (χ1v) is 7.37. The van der Waals surface area contributed by atoms with E-state index in [2.05, 4.69) is 4.98 Å². The molecule has 0 saturated heterocycles. The van der Waals surface area contributed by atoms with E-state index in [-0.39, 0.29) is 5.03 Å². The third kappa shape index (κ3) is 2.17. The van der Waals surface area contributed by atoms with E-state index >= 15 is 0 Å². The monoisotopic (exact) mass is 272 g/mol. The summed E-state index contributed by atoms with van der Waals surface area (Å²) < 4.78 is 26.2. The van der Waals surface area contributed by atoms with Crippen molar-refractivity contribution < 1.29 is 8.42 Å². The fraction of sp³-hybridized carbons (Fsp3) is 0.364. The van der Waals surface area contributed by atoms with Gasteiger partial charge in [-0.2, -0.15) is 0 Å². The predicted octanol–water partition coefficient (Wildman–Crippen LogP) is 2.13. The summed E-state index contributed by atoms with van der Waals surface area (Å²) in [5.41, 5.74) is 0.629. The largest absolute Gasteiger partial charge is 0.290 e. The zero-order valence-corrected chi connectivity index (χ0v) is 10.9. The maximum Gasteiger partial charge on any atom is 0.196 e. The minimum Gasteiger partial charge on any atom is -0.290 e. The van der Waals surface area contributed by atoms with E-state index in [1.165, 1.54) is 0 Å². The standard InChI is InChI=1S/C11H13ClN2O2S/c1-9(5-6-12)17(15,16)11-4-2-3-10-13-7-8-14(10)11/h2-4,7-9H,5-6H2,1H3. The van der Waals surface area contributed by atoms with Gasteiger partial charge in [0.1, 0.15) is 10.7 Å². The normalized spacial score (nSPS) is 14.0. The van der Waals surface area contributed by atoms with Crippen LogP contribution in [0.15, 0.2) is 35.6 Å². The average Bonchev–Trinajstić information content (AvgIpc) is 2.76. The number of aromatic nitrogens is 2. The zero-order chi connectivity index (χ0) is 12.5. The molecule has 1 unspecified atom stereocenters. The van der Waals surface area contributed by atoms with Crippen LogP contribution in [0.1, 0.15) is 13.3 Å². The molecule has 17 heavy (non-hydrogen) atoms. The first-order valence-electron chi connectivity index (χ1n) is 5.29. The molecule has 0 spiro atoms. The van der Waals surface area contributed by atoms with E-state index in [4.69, 9.17) is 11.6 Å². The summed E-state index contributed by atoms with van der Waals surface area (Å²) in [7, 11) is -3.36. The van der Waals surface area contributed by atoms with Crippen molar-refractivity contribution in [2.45, 2.75) is 23.6 Å². The number of hydrogen-bond donors (Lipinski definition) is 0. The smallest absolute Gasteiger partial charge is 0.196 e. The Morgan fingerprint density at radius 2 is 2.24 bits per heavy atom. The van der Waals surface area contributed by atoms with Crippen molar-refractivity contribution in [1.82, 2.24) is 9.38 Å². The summed E-state index contributed by atoms with van der Waals surface area (Å²) in [6.07, 6.45) is 3.67. The molecule has 6 heteroatoms. The molecule has 0 aromatic carbocycles. The van der Waals surface area contributed by atoms with Gasteiger partial charge < -0.3 is 0 Å². The molecule has 0 N–H and O–H groups in total. The molecular formula is C11H13ClN2O2S. The lowest BCUT2D eigenvalue weighted by atomic mass is 10.4. The fourth-order valence-corrected chi connectivity index (χ4v) is 3.66. The van der Waals surface area contributed by atoms with E-state index in [1.54, 1.807) is 41.9 Å². The van der Waals surface area contributed by atoms with Gasteiger partial charge in [-0.15, -0.1) is 11.6 Å². The van der Waals surface area contributed by atoms with Crippen LogP contribution in [-0.4, -0.2) is 28.9 Å². The lowest BCUT2D eigenvalue weighted by Gasteiger charge is -2.12. The van der Waals surface area contributed by atoms with Gasteiger partial charge in [0, 0.05) is 18.3 Å². The molecule has 0 saturated carbocycles. The van der Waals surface area contributed by atoms with Crippen LogP contribution in [0, 0.1) is 0 Å². The maximum absolute atomic E-state index is 12.3. The van der Waals surface area contributed by atoms with Crippen molar-refractivity contribution in [3.8, 4) is 0 Å². The number of halogens is 1. The first kappa shape index (κ1) is 12.4. The van der Waals surface area contributed by atoms with Gasteiger partial charge in [-0.1, -0.05) is 6.07 Å². The highest BCUT2D eigenvalue weighted by Crippen LogP contribution is 2.19. The number of imidazole rings is 1. The Morgan fingerprint density at radius 1 is 1.47 bits per heavy atom. The van der Waals surface area contributed by atoms with Gasteiger partial charge >= 0.3 is 0 Å². The van der Waals surface area contributed by atoms with Gasteiger partial charge in [-0.3, -0.25) is 4.40 Å². The van der Waals surface area contributed by atoms with Crippen LogP contribution in [0.4, 0.5) is 0 Å². The van der Waals surface area contributed by atoms with E-state index in [0.29, 0.717) is 17.9 Å². The van der Waals surface area contributed by atoms with Gasteiger partial charge in [0.2, 0.25) is 0 Å². The van der Waals surface area contributed by atoms with Crippen LogP contribution in [-0.2, 0) is 9.84 Å². The highest BCUT2D eigenvalue weighted by molar-refractivity contribution is 7.92. The van der Waals surface area contributed by atoms with Crippen LogP contribution in [0.25, 0.3) is 5.65 Å². The fourth-order valence-electron chi connectivity index (χ4n) is 1.67. The second-order valence-electron chi connectivity index (χ2n) is 3.85. The Balaban J connectivity index is 2.56.